The molecule has 0 atom stereocenters. The first kappa shape index (κ1) is 22.9. The fourth-order valence-electron chi connectivity index (χ4n) is 3.26. The number of ether oxygens (including phenoxy) is 1. The molecular weight excluding hydrogens is 460 g/mol. The Bertz CT molecular complexity index is 1270. The summed E-state index contributed by atoms with van der Waals surface area (Å²) in [4.78, 5) is 12.3. The summed E-state index contributed by atoms with van der Waals surface area (Å²) in [5.41, 5.74) is 1.46. The second-order valence-electron chi connectivity index (χ2n) is 7.10. The zero-order valence-corrected chi connectivity index (χ0v) is 19.7. The van der Waals surface area contributed by atoms with Crippen molar-refractivity contribution < 1.29 is 13.9 Å². The molecule has 0 saturated heterocycles. The zero-order chi connectivity index (χ0) is 23.2. The summed E-state index contributed by atoms with van der Waals surface area (Å²) in [6.07, 6.45) is 2.10. The number of amides is 1. The molecule has 1 N–H and O–H groups in total. The van der Waals surface area contributed by atoms with Gasteiger partial charge in [0.05, 0.1) is 6.61 Å². The number of rotatable bonds is 10. The van der Waals surface area contributed by atoms with E-state index in [0.29, 0.717) is 47.1 Å². The van der Waals surface area contributed by atoms with Gasteiger partial charge < -0.3 is 14.5 Å². The third-order valence-corrected chi connectivity index (χ3v) is 5.94. The SMILES string of the molecule is C=CCn1c(SCCC(=O)Nc2ccc(OCC)cc2)nnc1-c1cc2cc(Cl)ccc2o1. The van der Waals surface area contributed by atoms with E-state index in [0.717, 1.165) is 22.4 Å². The van der Waals surface area contributed by atoms with Gasteiger partial charge in [-0.3, -0.25) is 9.36 Å². The smallest absolute Gasteiger partial charge is 0.225 e. The molecule has 0 bridgehead atoms. The Morgan fingerprint density at radius 2 is 2.06 bits per heavy atom. The molecule has 2 heterocycles. The van der Waals surface area contributed by atoms with E-state index in [1.165, 1.54) is 11.8 Å². The molecular formula is C24H23ClN4O3S. The molecule has 4 rings (SSSR count). The lowest BCUT2D eigenvalue weighted by Crippen LogP contribution is -2.12. The first-order valence-corrected chi connectivity index (χ1v) is 11.8. The molecule has 33 heavy (non-hydrogen) atoms. The third-order valence-electron chi connectivity index (χ3n) is 4.74. The Labute approximate surface area is 200 Å². The van der Waals surface area contributed by atoms with E-state index in [1.54, 1.807) is 12.1 Å². The van der Waals surface area contributed by atoms with Crippen LogP contribution in [0.15, 0.2) is 70.8 Å². The van der Waals surface area contributed by atoms with Crippen LogP contribution in [0.1, 0.15) is 13.3 Å². The fourth-order valence-corrected chi connectivity index (χ4v) is 4.32. The quantitative estimate of drug-likeness (QED) is 0.219. The second-order valence-corrected chi connectivity index (χ2v) is 8.60. The highest BCUT2D eigenvalue weighted by atomic mass is 35.5. The maximum atomic E-state index is 12.3. The van der Waals surface area contributed by atoms with Crippen LogP contribution < -0.4 is 10.1 Å². The number of anilines is 1. The van der Waals surface area contributed by atoms with Crippen molar-refractivity contribution in [2.75, 3.05) is 17.7 Å². The molecule has 0 aliphatic carbocycles. The molecule has 0 aliphatic rings. The second kappa shape index (κ2) is 10.6. The van der Waals surface area contributed by atoms with Crippen molar-refractivity contribution in [3.05, 3.63) is 66.2 Å². The summed E-state index contributed by atoms with van der Waals surface area (Å²) >= 11 is 7.54. The lowest BCUT2D eigenvalue weighted by Gasteiger charge is -2.08. The van der Waals surface area contributed by atoms with Crippen LogP contribution in [0.3, 0.4) is 0 Å². The van der Waals surface area contributed by atoms with E-state index >= 15 is 0 Å². The van der Waals surface area contributed by atoms with Gasteiger partial charge in [0.25, 0.3) is 0 Å². The van der Waals surface area contributed by atoms with Gasteiger partial charge in [0, 0.05) is 34.8 Å². The van der Waals surface area contributed by atoms with Gasteiger partial charge >= 0.3 is 0 Å². The fraction of sp³-hybridized carbons (Fsp3) is 0.208. The monoisotopic (exact) mass is 482 g/mol. The van der Waals surface area contributed by atoms with Crippen LogP contribution >= 0.6 is 23.4 Å². The van der Waals surface area contributed by atoms with Crippen LogP contribution in [0.2, 0.25) is 5.02 Å². The minimum absolute atomic E-state index is 0.0733. The van der Waals surface area contributed by atoms with Crippen molar-refractivity contribution in [3.63, 3.8) is 0 Å². The predicted molar refractivity (Wildman–Crippen MR) is 132 cm³/mol. The van der Waals surface area contributed by atoms with E-state index in [9.17, 15) is 4.79 Å². The number of fused-ring (bicyclic) bond motifs is 1. The zero-order valence-electron chi connectivity index (χ0n) is 18.1. The average Bonchev–Trinajstić information content (AvgIpc) is 3.39. The average molecular weight is 483 g/mol. The van der Waals surface area contributed by atoms with Gasteiger partial charge in [-0.25, -0.2) is 0 Å². The number of hydrogen-bond acceptors (Lipinski definition) is 6. The normalized spacial score (nSPS) is 11.0. The Hall–Kier alpha value is -3.23. The number of carbonyl (C=O) groups excluding carboxylic acids is 1. The molecule has 0 aliphatic heterocycles. The van der Waals surface area contributed by atoms with Crippen molar-refractivity contribution in [3.8, 4) is 17.3 Å². The number of nitrogens with one attached hydrogen (secondary N) is 1. The maximum absolute atomic E-state index is 12.3. The number of aromatic nitrogens is 3. The molecule has 2 aromatic carbocycles. The summed E-state index contributed by atoms with van der Waals surface area (Å²) in [6.45, 7) is 6.88. The number of halogens is 1. The highest BCUT2D eigenvalue weighted by Crippen LogP contribution is 2.31. The van der Waals surface area contributed by atoms with Crippen LogP contribution in [0.25, 0.3) is 22.6 Å². The van der Waals surface area contributed by atoms with Crippen molar-refractivity contribution in [1.29, 1.82) is 0 Å². The molecule has 0 spiro atoms. The van der Waals surface area contributed by atoms with Gasteiger partial charge in [0.2, 0.25) is 11.7 Å². The summed E-state index contributed by atoms with van der Waals surface area (Å²) < 4.78 is 13.3. The lowest BCUT2D eigenvalue weighted by molar-refractivity contribution is -0.115. The third kappa shape index (κ3) is 5.58. The summed E-state index contributed by atoms with van der Waals surface area (Å²) in [6, 6.07) is 14.7. The molecule has 170 valence electrons. The lowest BCUT2D eigenvalue weighted by atomic mass is 10.2. The van der Waals surface area contributed by atoms with Gasteiger partial charge in [0.15, 0.2) is 10.9 Å². The molecule has 9 heteroatoms. The van der Waals surface area contributed by atoms with E-state index in [4.69, 9.17) is 20.8 Å². The van der Waals surface area contributed by atoms with Crippen LogP contribution in [0.5, 0.6) is 5.75 Å². The molecule has 1 amide bonds. The number of allylic oxidation sites excluding steroid dienone is 1. The molecule has 0 fully saturated rings. The highest BCUT2D eigenvalue weighted by molar-refractivity contribution is 7.99. The minimum atomic E-state index is -0.0733. The summed E-state index contributed by atoms with van der Waals surface area (Å²) in [7, 11) is 0. The predicted octanol–water partition coefficient (Wildman–Crippen LogP) is 6.05. The van der Waals surface area contributed by atoms with Crippen molar-refractivity contribution in [2.24, 2.45) is 0 Å². The largest absolute Gasteiger partial charge is 0.494 e. The van der Waals surface area contributed by atoms with Gasteiger partial charge in [-0.15, -0.1) is 16.8 Å². The summed E-state index contributed by atoms with van der Waals surface area (Å²) in [5.74, 6) is 2.45. The number of nitrogens with zero attached hydrogens (tertiary/aromatic N) is 3. The molecule has 0 radical (unpaired) electrons. The first-order chi connectivity index (χ1) is 16.1. The Kier molecular flexibility index (Phi) is 7.36. The van der Waals surface area contributed by atoms with Gasteiger partial charge in [-0.1, -0.05) is 29.4 Å². The molecule has 2 aromatic heterocycles. The summed E-state index contributed by atoms with van der Waals surface area (Å²) in [5, 5.41) is 13.7. The topological polar surface area (TPSA) is 82.2 Å². The molecule has 7 nitrogen and oxygen atoms in total. The number of thioether (sulfide) groups is 1. The van der Waals surface area contributed by atoms with Crippen LogP contribution in [0.4, 0.5) is 5.69 Å². The minimum Gasteiger partial charge on any atom is -0.494 e. The van der Waals surface area contributed by atoms with Gasteiger partial charge in [-0.05, 0) is 55.5 Å². The number of hydrogen-bond donors (Lipinski definition) is 1. The molecule has 0 saturated carbocycles. The Morgan fingerprint density at radius 3 is 2.82 bits per heavy atom. The van der Waals surface area contributed by atoms with Gasteiger partial charge in [-0.2, -0.15) is 0 Å². The Morgan fingerprint density at radius 1 is 1.24 bits per heavy atom. The molecule has 4 aromatic rings. The van der Waals surface area contributed by atoms with Crippen LogP contribution in [-0.4, -0.2) is 33.0 Å². The first-order valence-electron chi connectivity index (χ1n) is 10.5. The van der Waals surface area contributed by atoms with Crippen molar-refractivity contribution in [1.82, 2.24) is 14.8 Å². The number of carbonyl (C=O) groups is 1. The standard InChI is InChI=1S/C24H23ClN4O3S/c1-3-12-29-23(21-15-16-14-17(25)5-10-20(16)32-21)27-28-24(29)33-13-11-22(30)26-18-6-8-19(9-7-18)31-4-2/h3,5-10,14-15H,1,4,11-13H2,2H3,(H,26,30). The maximum Gasteiger partial charge on any atom is 0.225 e. The van der Waals surface area contributed by atoms with Gasteiger partial charge in [0.1, 0.15) is 11.3 Å². The number of benzene rings is 2. The number of furan rings is 1. The van der Waals surface area contributed by atoms with Crippen molar-refractivity contribution >= 4 is 45.9 Å². The van der Waals surface area contributed by atoms with Crippen molar-refractivity contribution in [2.45, 2.75) is 25.0 Å². The van der Waals surface area contributed by atoms with Crippen LogP contribution in [0, 0.1) is 0 Å². The van der Waals surface area contributed by atoms with E-state index in [2.05, 4.69) is 22.1 Å². The van der Waals surface area contributed by atoms with Crippen LogP contribution in [-0.2, 0) is 11.3 Å². The highest BCUT2D eigenvalue weighted by Gasteiger charge is 2.18. The Balaban J connectivity index is 1.40. The molecule has 0 unspecified atom stereocenters. The van der Waals surface area contributed by atoms with E-state index < -0.39 is 0 Å². The van der Waals surface area contributed by atoms with E-state index in [-0.39, 0.29) is 5.91 Å². The van der Waals surface area contributed by atoms with E-state index in [1.807, 2.05) is 54.0 Å².